The second-order valence-electron chi connectivity index (χ2n) is 7.62. The summed E-state index contributed by atoms with van der Waals surface area (Å²) >= 11 is 0. The third-order valence-electron chi connectivity index (χ3n) is 4.94. The predicted octanol–water partition coefficient (Wildman–Crippen LogP) is 0.944. The highest BCUT2D eigenvalue weighted by molar-refractivity contribution is 7.92. The molecule has 0 radical (unpaired) electrons. The van der Waals surface area contributed by atoms with E-state index in [0.29, 0.717) is 32.0 Å². The zero-order valence-corrected chi connectivity index (χ0v) is 17.4. The number of sulfone groups is 1. The number of aliphatic imine (C=N–C) groups is 1. The van der Waals surface area contributed by atoms with Gasteiger partial charge in [0.25, 0.3) is 0 Å². The molecule has 7 nitrogen and oxygen atoms in total. The smallest absolute Gasteiger partial charge is 0.222 e. The standard InChI is InChI=1S/C19H29FN4O3S/c1-4-22-18(24-9-10-28(26,27)19(2,3)13-24)23-12-15(17(21)25)11-14-5-7-16(20)8-6-14/h5-8,15H,4,9-13H2,1-3H3,(H2,21,25)(H,22,23). The Morgan fingerprint density at radius 1 is 1.36 bits per heavy atom. The number of halogens is 1. The van der Waals surface area contributed by atoms with Crippen molar-refractivity contribution in [2.75, 3.05) is 31.9 Å². The van der Waals surface area contributed by atoms with Crippen molar-refractivity contribution in [3.05, 3.63) is 35.6 Å². The van der Waals surface area contributed by atoms with Crippen molar-refractivity contribution in [2.45, 2.75) is 31.9 Å². The minimum absolute atomic E-state index is 0.0548. The van der Waals surface area contributed by atoms with Crippen molar-refractivity contribution in [1.29, 1.82) is 0 Å². The number of rotatable bonds is 6. The number of hydrogen-bond acceptors (Lipinski definition) is 4. The quantitative estimate of drug-likeness (QED) is 0.535. The Bertz CT molecular complexity index is 822. The molecule has 1 aliphatic rings. The number of amides is 1. The van der Waals surface area contributed by atoms with Crippen LogP contribution < -0.4 is 11.1 Å². The number of carbonyl (C=O) groups is 1. The van der Waals surface area contributed by atoms with E-state index in [1.54, 1.807) is 26.0 Å². The average molecular weight is 413 g/mol. The van der Waals surface area contributed by atoms with Crippen LogP contribution in [0.5, 0.6) is 0 Å². The molecule has 0 spiro atoms. The van der Waals surface area contributed by atoms with Crippen LogP contribution in [0, 0.1) is 11.7 Å². The first-order valence-corrected chi connectivity index (χ1v) is 11.0. The van der Waals surface area contributed by atoms with Gasteiger partial charge in [0.15, 0.2) is 15.8 Å². The Morgan fingerprint density at radius 3 is 2.54 bits per heavy atom. The molecule has 9 heteroatoms. The van der Waals surface area contributed by atoms with Gasteiger partial charge in [0.1, 0.15) is 5.82 Å². The molecule has 1 saturated heterocycles. The monoisotopic (exact) mass is 412 g/mol. The van der Waals surface area contributed by atoms with Gasteiger partial charge in [0.2, 0.25) is 5.91 Å². The summed E-state index contributed by atoms with van der Waals surface area (Å²) in [7, 11) is -3.16. The second-order valence-corrected chi connectivity index (χ2v) is 10.4. The number of benzene rings is 1. The van der Waals surface area contributed by atoms with Crippen molar-refractivity contribution in [3.8, 4) is 0 Å². The molecule has 3 N–H and O–H groups in total. The topological polar surface area (TPSA) is 105 Å². The van der Waals surface area contributed by atoms with Gasteiger partial charge in [-0.1, -0.05) is 12.1 Å². The van der Waals surface area contributed by atoms with E-state index < -0.39 is 26.4 Å². The highest BCUT2D eigenvalue weighted by Crippen LogP contribution is 2.23. The van der Waals surface area contributed by atoms with Gasteiger partial charge in [-0.25, -0.2) is 12.8 Å². The number of hydrogen-bond donors (Lipinski definition) is 2. The Labute approximate surface area is 166 Å². The molecule has 0 aromatic heterocycles. The molecule has 1 fully saturated rings. The van der Waals surface area contributed by atoms with Crippen LogP contribution in [0.1, 0.15) is 26.3 Å². The summed E-state index contributed by atoms with van der Waals surface area (Å²) in [6.45, 7) is 6.78. The van der Waals surface area contributed by atoms with E-state index in [-0.39, 0.29) is 18.1 Å². The van der Waals surface area contributed by atoms with Crippen molar-refractivity contribution >= 4 is 21.7 Å². The van der Waals surface area contributed by atoms with Gasteiger partial charge >= 0.3 is 0 Å². The summed E-state index contributed by atoms with van der Waals surface area (Å²) in [5.74, 6) is -0.740. The summed E-state index contributed by atoms with van der Waals surface area (Å²) in [5.41, 5.74) is 6.34. The number of nitrogens with two attached hydrogens (primary N) is 1. The Hall–Kier alpha value is -2.16. The Kier molecular flexibility index (Phi) is 7.03. The van der Waals surface area contributed by atoms with E-state index in [9.17, 15) is 17.6 Å². The lowest BCUT2D eigenvalue weighted by atomic mass is 9.99. The molecule has 156 valence electrons. The number of nitrogens with zero attached hydrogens (tertiary/aromatic N) is 2. The van der Waals surface area contributed by atoms with Gasteiger partial charge < -0.3 is 16.0 Å². The van der Waals surface area contributed by atoms with Gasteiger partial charge in [-0.05, 0) is 44.9 Å². The first-order valence-electron chi connectivity index (χ1n) is 9.35. The maximum atomic E-state index is 13.1. The number of guanidine groups is 1. The lowest BCUT2D eigenvalue weighted by molar-refractivity contribution is -0.121. The van der Waals surface area contributed by atoms with Crippen molar-refractivity contribution in [3.63, 3.8) is 0 Å². The van der Waals surface area contributed by atoms with Crippen LogP contribution in [0.3, 0.4) is 0 Å². The zero-order chi connectivity index (χ0) is 20.9. The number of carbonyl (C=O) groups excluding carboxylic acids is 1. The summed E-state index contributed by atoms with van der Waals surface area (Å²) in [5, 5.41) is 3.16. The minimum atomic E-state index is -3.16. The van der Waals surface area contributed by atoms with E-state index in [0.717, 1.165) is 5.56 Å². The maximum Gasteiger partial charge on any atom is 0.222 e. The van der Waals surface area contributed by atoms with Crippen LogP contribution in [0.25, 0.3) is 0 Å². The van der Waals surface area contributed by atoms with Crippen molar-refractivity contribution in [2.24, 2.45) is 16.6 Å². The molecule has 1 amide bonds. The first kappa shape index (κ1) is 22.1. The van der Waals surface area contributed by atoms with Crippen LogP contribution in [0.15, 0.2) is 29.3 Å². The van der Waals surface area contributed by atoms with Gasteiger partial charge in [-0.15, -0.1) is 0 Å². The zero-order valence-electron chi connectivity index (χ0n) is 16.6. The van der Waals surface area contributed by atoms with Crippen LogP contribution in [0.4, 0.5) is 4.39 Å². The largest absolute Gasteiger partial charge is 0.369 e. The fourth-order valence-electron chi connectivity index (χ4n) is 3.11. The molecule has 1 aliphatic heterocycles. The van der Waals surface area contributed by atoms with Gasteiger partial charge in [0, 0.05) is 19.6 Å². The Balaban J connectivity index is 2.15. The normalized spacial score (nSPS) is 19.9. The highest BCUT2D eigenvalue weighted by atomic mass is 32.2. The molecular weight excluding hydrogens is 383 g/mol. The molecule has 2 rings (SSSR count). The maximum absolute atomic E-state index is 13.1. The van der Waals surface area contributed by atoms with Crippen molar-refractivity contribution < 1.29 is 17.6 Å². The fraction of sp³-hybridized carbons (Fsp3) is 0.579. The highest BCUT2D eigenvalue weighted by Gasteiger charge is 2.41. The SMILES string of the molecule is CCNC(=NCC(Cc1ccc(F)cc1)C(N)=O)N1CCS(=O)(=O)C(C)(C)C1. The van der Waals surface area contributed by atoms with Crippen LogP contribution in [-0.4, -0.2) is 61.9 Å². The molecule has 1 atom stereocenters. The van der Waals surface area contributed by atoms with E-state index in [1.165, 1.54) is 12.1 Å². The summed E-state index contributed by atoms with van der Waals surface area (Å²) < 4.78 is 36.7. The third-order valence-corrected chi connectivity index (χ3v) is 7.47. The molecular formula is C19H29FN4O3S. The Morgan fingerprint density at radius 2 is 2.00 bits per heavy atom. The van der Waals surface area contributed by atoms with Crippen LogP contribution in [-0.2, 0) is 21.1 Å². The third kappa shape index (κ3) is 5.43. The minimum Gasteiger partial charge on any atom is -0.369 e. The molecule has 28 heavy (non-hydrogen) atoms. The van der Waals surface area contributed by atoms with E-state index in [2.05, 4.69) is 10.3 Å². The number of primary amides is 1. The van der Waals surface area contributed by atoms with Crippen molar-refractivity contribution in [1.82, 2.24) is 10.2 Å². The first-order chi connectivity index (χ1) is 13.1. The van der Waals surface area contributed by atoms with Gasteiger partial charge in [0.05, 0.1) is 23.0 Å². The second kappa shape index (κ2) is 8.89. The van der Waals surface area contributed by atoms with Crippen LogP contribution >= 0.6 is 0 Å². The molecule has 0 bridgehead atoms. The molecule has 1 unspecified atom stereocenters. The van der Waals surface area contributed by atoms with Gasteiger partial charge in [-0.2, -0.15) is 0 Å². The van der Waals surface area contributed by atoms with Gasteiger partial charge in [-0.3, -0.25) is 9.79 Å². The fourth-order valence-corrected chi connectivity index (χ4v) is 4.47. The summed E-state index contributed by atoms with van der Waals surface area (Å²) in [4.78, 5) is 18.3. The summed E-state index contributed by atoms with van der Waals surface area (Å²) in [6.07, 6.45) is 0.360. The molecule has 1 heterocycles. The lowest BCUT2D eigenvalue weighted by Gasteiger charge is -2.39. The molecule has 1 aromatic carbocycles. The van der Waals surface area contributed by atoms with E-state index >= 15 is 0 Å². The predicted molar refractivity (Wildman–Crippen MR) is 108 cm³/mol. The summed E-state index contributed by atoms with van der Waals surface area (Å²) in [6, 6.07) is 5.93. The average Bonchev–Trinajstić information content (AvgIpc) is 2.61. The van der Waals surface area contributed by atoms with E-state index in [4.69, 9.17) is 5.73 Å². The van der Waals surface area contributed by atoms with Crippen LogP contribution in [0.2, 0.25) is 0 Å². The molecule has 0 saturated carbocycles. The number of nitrogens with one attached hydrogen (secondary N) is 1. The molecule has 0 aliphatic carbocycles. The lowest BCUT2D eigenvalue weighted by Crippen LogP contribution is -2.57. The molecule has 1 aromatic rings. The van der Waals surface area contributed by atoms with E-state index in [1.807, 2.05) is 11.8 Å².